The van der Waals surface area contributed by atoms with Crippen molar-refractivity contribution in [1.82, 2.24) is 0 Å². The summed E-state index contributed by atoms with van der Waals surface area (Å²) in [6.07, 6.45) is 0. The van der Waals surface area contributed by atoms with Gasteiger partial charge in [-0.3, -0.25) is 4.79 Å². The molecular weight excluding hydrogens is 316 g/mol. The van der Waals surface area contributed by atoms with Gasteiger partial charge in [0.05, 0.1) is 18.5 Å². The molecule has 4 N–H and O–H groups in total. The van der Waals surface area contributed by atoms with E-state index in [4.69, 9.17) is 10.5 Å². The number of carbonyl (C=O) groups excluding carboxylic acids is 1. The molecule has 0 fully saturated rings. The summed E-state index contributed by atoms with van der Waals surface area (Å²) in [6.45, 7) is 0. The predicted octanol–water partition coefficient (Wildman–Crippen LogP) is 3.90. The number of hydrogen-bond donors (Lipinski definition) is 3. The summed E-state index contributed by atoms with van der Waals surface area (Å²) in [4.78, 5) is 12.4. The van der Waals surface area contributed by atoms with Gasteiger partial charge in [-0.25, -0.2) is 0 Å². The van der Waals surface area contributed by atoms with Crippen molar-refractivity contribution in [2.75, 3.05) is 18.2 Å². The highest BCUT2D eigenvalue weighted by Crippen LogP contribution is 2.32. The van der Waals surface area contributed by atoms with Gasteiger partial charge in [-0.15, -0.1) is 0 Å². The van der Waals surface area contributed by atoms with E-state index in [1.807, 2.05) is 6.07 Å². The first-order chi connectivity index (χ1) is 12.1. The molecule has 0 aromatic heterocycles. The van der Waals surface area contributed by atoms with Crippen LogP contribution < -0.4 is 15.8 Å². The van der Waals surface area contributed by atoms with E-state index in [2.05, 4.69) is 5.32 Å². The molecule has 0 aliphatic rings. The Morgan fingerprint density at radius 1 is 1.04 bits per heavy atom. The molecule has 0 heterocycles. The number of nitrogens with two attached hydrogens (primary N) is 1. The van der Waals surface area contributed by atoms with Gasteiger partial charge in [-0.1, -0.05) is 24.3 Å². The summed E-state index contributed by atoms with van der Waals surface area (Å²) in [6, 6.07) is 19.0. The molecular formula is C20H18N2O3. The Labute approximate surface area is 145 Å². The zero-order valence-electron chi connectivity index (χ0n) is 13.7. The second-order valence-corrected chi connectivity index (χ2v) is 5.50. The van der Waals surface area contributed by atoms with E-state index in [1.54, 1.807) is 67.8 Å². The molecule has 0 saturated heterocycles. The number of anilines is 2. The van der Waals surface area contributed by atoms with Gasteiger partial charge in [0.25, 0.3) is 5.91 Å². The summed E-state index contributed by atoms with van der Waals surface area (Å²) in [5.41, 5.74) is 8.84. The first-order valence-corrected chi connectivity index (χ1v) is 7.72. The van der Waals surface area contributed by atoms with Crippen molar-refractivity contribution in [1.29, 1.82) is 0 Å². The highest BCUT2D eigenvalue weighted by atomic mass is 16.5. The molecule has 0 saturated carbocycles. The number of carbonyl (C=O) groups is 1. The topological polar surface area (TPSA) is 84.6 Å². The molecule has 5 heteroatoms. The van der Waals surface area contributed by atoms with E-state index in [0.717, 1.165) is 5.56 Å². The monoisotopic (exact) mass is 334 g/mol. The fourth-order valence-electron chi connectivity index (χ4n) is 2.49. The molecule has 0 radical (unpaired) electrons. The van der Waals surface area contributed by atoms with Crippen molar-refractivity contribution in [3.8, 4) is 22.6 Å². The van der Waals surface area contributed by atoms with Crippen molar-refractivity contribution >= 4 is 17.3 Å². The van der Waals surface area contributed by atoms with Crippen molar-refractivity contribution in [3.63, 3.8) is 0 Å². The van der Waals surface area contributed by atoms with Crippen LogP contribution in [0.2, 0.25) is 0 Å². The Kier molecular flexibility index (Phi) is 4.57. The number of amides is 1. The van der Waals surface area contributed by atoms with Crippen LogP contribution in [0.1, 0.15) is 10.4 Å². The van der Waals surface area contributed by atoms with E-state index in [1.165, 1.54) is 0 Å². The first-order valence-electron chi connectivity index (χ1n) is 7.72. The molecule has 5 nitrogen and oxygen atoms in total. The Hall–Kier alpha value is -3.47. The number of nitrogens with one attached hydrogen (secondary N) is 1. The maximum Gasteiger partial charge on any atom is 0.255 e. The van der Waals surface area contributed by atoms with Gasteiger partial charge in [-0.2, -0.15) is 0 Å². The number of phenols is 1. The number of aromatic hydroxyl groups is 1. The molecule has 0 aliphatic heterocycles. The average Bonchev–Trinajstić information content (AvgIpc) is 2.64. The highest BCUT2D eigenvalue weighted by molar-refractivity contribution is 6.06. The minimum Gasteiger partial charge on any atom is -0.507 e. The van der Waals surface area contributed by atoms with Crippen LogP contribution in [-0.2, 0) is 0 Å². The zero-order valence-corrected chi connectivity index (χ0v) is 13.7. The number of para-hydroxylation sites is 1. The van der Waals surface area contributed by atoms with E-state index < -0.39 is 0 Å². The summed E-state index contributed by atoms with van der Waals surface area (Å²) >= 11 is 0. The standard InChI is InChI=1S/C20H18N2O3/c1-25-15-9-6-13(7-10-15)20(24)22-18-12-14(8-11-17(18)21)16-4-2-3-5-19(16)23/h2-12,23H,21H2,1H3,(H,22,24). The van der Waals surface area contributed by atoms with E-state index in [0.29, 0.717) is 28.3 Å². The Bertz CT molecular complexity index is 905. The Morgan fingerprint density at radius 3 is 2.44 bits per heavy atom. The second-order valence-electron chi connectivity index (χ2n) is 5.50. The summed E-state index contributed by atoms with van der Waals surface area (Å²) in [5, 5.41) is 12.8. The lowest BCUT2D eigenvalue weighted by atomic mass is 10.0. The predicted molar refractivity (Wildman–Crippen MR) is 98.9 cm³/mol. The largest absolute Gasteiger partial charge is 0.507 e. The Morgan fingerprint density at radius 2 is 1.76 bits per heavy atom. The molecule has 1 amide bonds. The quantitative estimate of drug-likeness (QED) is 0.632. The third-order valence-corrected chi connectivity index (χ3v) is 3.87. The van der Waals surface area contributed by atoms with Crippen LogP contribution in [0.3, 0.4) is 0 Å². The zero-order chi connectivity index (χ0) is 17.8. The number of rotatable bonds is 4. The number of phenolic OH excluding ortho intramolecular Hbond substituents is 1. The van der Waals surface area contributed by atoms with Crippen LogP contribution in [0, 0.1) is 0 Å². The fraction of sp³-hybridized carbons (Fsp3) is 0.0500. The minimum absolute atomic E-state index is 0.166. The fourth-order valence-corrected chi connectivity index (χ4v) is 2.49. The van der Waals surface area contributed by atoms with E-state index in [9.17, 15) is 9.90 Å². The number of nitrogen functional groups attached to an aromatic ring is 1. The minimum atomic E-state index is -0.274. The molecule has 0 spiro atoms. The van der Waals surface area contributed by atoms with Crippen LogP contribution >= 0.6 is 0 Å². The van der Waals surface area contributed by atoms with Crippen LogP contribution in [0.25, 0.3) is 11.1 Å². The second kappa shape index (κ2) is 6.97. The van der Waals surface area contributed by atoms with Gasteiger partial charge in [-0.05, 0) is 48.0 Å². The number of methoxy groups -OCH3 is 1. The van der Waals surface area contributed by atoms with Gasteiger partial charge in [0, 0.05) is 11.1 Å². The molecule has 126 valence electrons. The van der Waals surface area contributed by atoms with Crippen molar-refractivity contribution < 1.29 is 14.6 Å². The summed E-state index contributed by atoms with van der Waals surface area (Å²) in [5.74, 6) is 0.570. The van der Waals surface area contributed by atoms with Crippen LogP contribution in [0.15, 0.2) is 66.7 Å². The van der Waals surface area contributed by atoms with Crippen LogP contribution in [0.4, 0.5) is 11.4 Å². The Balaban J connectivity index is 1.88. The lowest BCUT2D eigenvalue weighted by Crippen LogP contribution is -2.13. The maximum atomic E-state index is 12.4. The number of benzene rings is 3. The number of ether oxygens (including phenoxy) is 1. The molecule has 25 heavy (non-hydrogen) atoms. The maximum absolute atomic E-state index is 12.4. The molecule has 0 aliphatic carbocycles. The van der Waals surface area contributed by atoms with Crippen molar-refractivity contribution in [2.45, 2.75) is 0 Å². The molecule has 3 rings (SSSR count). The third-order valence-electron chi connectivity index (χ3n) is 3.87. The molecule has 0 bridgehead atoms. The average molecular weight is 334 g/mol. The van der Waals surface area contributed by atoms with Crippen LogP contribution in [0.5, 0.6) is 11.5 Å². The summed E-state index contributed by atoms with van der Waals surface area (Å²) < 4.78 is 5.09. The molecule has 3 aromatic carbocycles. The highest BCUT2D eigenvalue weighted by Gasteiger charge is 2.11. The van der Waals surface area contributed by atoms with Crippen molar-refractivity contribution in [3.05, 3.63) is 72.3 Å². The molecule has 0 unspecified atom stereocenters. The summed E-state index contributed by atoms with van der Waals surface area (Å²) in [7, 11) is 1.57. The van der Waals surface area contributed by atoms with Gasteiger partial charge in [0.2, 0.25) is 0 Å². The smallest absolute Gasteiger partial charge is 0.255 e. The normalized spacial score (nSPS) is 10.3. The van der Waals surface area contributed by atoms with Gasteiger partial charge < -0.3 is 20.9 Å². The van der Waals surface area contributed by atoms with Gasteiger partial charge >= 0.3 is 0 Å². The van der Waals surface area contributed by atoms with E-state index >= 15 is 0 Å². The first kappa shape index (κ1) is 16.4. The van der Waals surface area contributed by atoms with Gasteiger partial charge in [0.15, 0.2) is 0 Å². The van der Waals surface area contributed by atoms with Gasteiger partial charge in [0.1, 0.15) is 11.5 Å². The third kappa shape index (κ3) is 3.55. The van der Waals surface area contributed by atoms with E-state index in [-0.39, 0.29) is 11.7 Å². The van der Waals surface area contributed by atoms with Crippen LogP contribution in [-0.4, -0.2) is 18.1 Å². The number of hydrogen-bond acceptors (Lipinski definition) is 4. The van der Waals surface area contributed by atoms with Crippen molar-refractivity contribution in [2.24, 2.45) is 0 Å². The molecule has 3 aromatic rings. The lowest BCUT2D eigenvalue weighted by Gasteiger charge is -2.12. The SMILES string of the molecule is COc1ccc(C(=O)Nc2cc(-c3ccccc3O)ccc2N)cc1. The lowest BCUT2D eigenvalue weighted by molar-refractivity contribution is 0.102. The molecule has 0 atom stereocenters.